The average Bonchev–Trinajstić information content (AvgIpc) is 2.83. The van der Waals surface area contributed by atoms with Crippen molar-refractivity contribution in [3.63, 3.8) is 0 Å². The number of carboxylic acids is 1. The van der Waals surface area contributed by atoms with Gasteiger partial charge in [0.05, 0.1) is 17.8 Å². The van der Waals surface area contributed by atoms with Gasteiger partial charge in [0.15, 0.2) is 0 Å². The number of rotatable bonds is 5. The Bertz CT molecular complexity index is 578. The van der Waals surface area contributed by atoms with Crippen LogP contribution in [0.3, 0.4) is 0 Å². The lowest BCUT2D eigenvalue weighted by atomic mass is 10.1. The minimum atomic E-state index is -0.918. The lowest BCUT2D eigenvalue weighted by Crippen LogP contribution is -2.18. The van der Waals surface area contributed by atoms with Gasteiger partial charge in [0.2, 0.25) is 5.89 Å². The van der Waals surface area contributed by atoms with Crippen molar-refractivity contribution in [1.82, 2.24) is 10.3 Å². The standard InChI is InChI=1S/C14H16N2O3/c1-9-7-16-13(19-9)10(2)15-8-11-4-3-5-12(6-11)14(17)18/h3-7,10,15H,8H2,1-2H3,(H,17,18). The van der Waals surface area contributed by atoms with Crippen molar-refractivity contribution in [3.8, 4) is 0 Å². The summed E-state index contributed by atoms with van der Waals surface area (Å²) in [5.74, 6) is 0.488. The number of benzene rings is 1. The van der Waals surface area contributed by atoms with Crippen molar-refractivity contribution >= 4 is 5.97 Å². The Labute approximate surface area is 111 Å². The molecule has 5 heteroatoms. The quantitative estimate of drug-likeness (QED) is 0.864. The van der Waals surface area contributed by atoms with E-state index in [9.17, 15) is 4.79 Å². The highest BCUT2D eigenvalue weighted by Gasteiger charge is 2.11. The second kappa shape index (κ2) is 5.67. The summed E-state index contributed by atoms with van der Waals surface area (Å²) in [4.78, 5) is 15.0. The lowest BCUT2D eigenvalue weighted by Gasteiger charge is -2.10. The number of hydrogen-bond donors (Lipinski definition) is 2. The first kappa shape index (κ1) is 13.3. The maximum atomic E-state index is 10.9. The molecule has 0 saturated carbocycles. The van der Waals surface area contributed by atoms with Crippen molar-refractivity contribution in [3.05, 3.63) is 53.2 Å². The Hall–Kier alpha value is -2.14. The third-order valence-corrected chi connectivity index (χ3v) is 2.80. The monoisotopic (exact) mass is 260 g/mol. The van der Waals surface area contributed by atoms with E-state index in [2.05, 4.69) is 10.3 Å². The third kappa shape index (κ3) is 3.42. The number of carboxylic acid groups (broad SMARTS) is 1. The van der Waals surface area contributed by atoms with Gasteiger partial charge < -0.3 is 14.8 Å². The van der Waals surface area contributed by atoms with Gasteiger partial charge in [0.25, 0.3) is 0 Å². The molecule has 1 heterocycles. The van der Waals surface area contributed by atoms with Gasteiger partial charge in [-0.25, -0.2) is 9.78 Å². The van der Waals surface area contributed by atoms with Crippen molar-refractivity contribution in [2.45, 2.75) is 26.4 Å². The van der Waals surface area contributed by atoms with E-state index in [1.165, 1.54) is 0 Å². The van der Waals surface area contributed by atoms with E-state index in [0.29, 0.717) is 18.0 Å². The van der Waals surface area contributed by atoms with Crippen molar-refractivity contribution in [1.29, 1.82) is 0 Å². The summed E-state index contributed by atoms with van der Waals surface area (Å²) in [6, 6.07) is 6.82. The molecule has 0 aliphatic carbocycles. The van der Waals surface area contributed by atoms with Crippen molar-refractivity contribution < 1.29 is 14.3 Å². The highest BCUT2D eigenvalue weighted by molar-refractivity contribution is 5.87. The number of nitrogens with zero attached hydrogens (tertiary/aromatic N) is 1. The Balaban J connectivity index is 1.98. The SMILES string of the molecule is Cc1cnc(C(C)NCc2cccc(C(=O)O)c2)o1. The molecule has 0 saturated heterocycles. The molecule has 19 heavy (non-hydrogen) atoms. The van der Waals surface area contributed by atoms with Gasteiger partial charge in [0, 0.05) is 6.54 Å². The molecule has 0 radical (unpaired) electrons. The number of aromatic nitrogens is 1. The number of oxazole rings is 1. The minimum absolute atomic E-state index is 0.0258. The van der Waals surface area contributed by atoms with E-state index < -0.39 is 5.97 Å². The Morgan fingerprint density at radius 2 is 2.32 bits per heavy atom. The van der Waals surface area contributed by atoms with Crippen LogP contribution in [0.4, 0.5) is 0 Å². The molecule has 5 nitrogen and oxygen atoms in total. The van der Waals surface area contributed by atoms with Gasteiger partial charge in [-0.15, -0.1) is 0 Å². The van der Waals surface area contributed by atoms with Crippen LogP contribution in [0.25, 0.3) is 0 Å². The Morgan fingerprint density at radius 3 is 2.95 bits per heavy atom. The molecule has 2 rings (SSSR count). The fourth-order valence-electron chi connectivity index (χ4n) is 1.74. The summed E-state index contributed by atoms with van der Waals surface area (Å²) < 4.78 is 5.43. The highest BCUT2D eigenvalue weighted by atomic mass is 16.4. The fourth-order valence-corrected chi connectivity index (χ4v) is 1.74. The molecule has 2 N–H and O–H groups in total. The van der Waals surface area contributed by atoms with E-state index in [-0.39, 0.29) is 6.04 Å². The van der Waals surface area contributed by atoms with Crippen LogP contribution in [0, 0.1) is 6.92 Å². The number of aromatic carboxylic acids is 1. The van der Waals surface area contributed by atoms with Gasteiger partial charge in [-0.1, -0.05) is 12.1 Å². The summed E-state index contributed by atoms with van der Waals surface area (Å²) in [5.41, 5.74) is 1.20. The van der Waals surface area contributed by atoms with E-state index in [1.807, 2.05) is 19.9 Å². The summed E-state index contributed by atoms with van der Waals surface area (Å²) in [7, 11) is 0. The van der Waals surface area contributed by atoms with E-state index in [0.717, 1.165) is 11.3 Å². The van der Waals surface area contributed by atoms with E-state index in [1.54, 1.807) is 24.4 Å². The number of aryl methyl sites for hydroxylation is 1. The zero-order chi connectivity index (χ0) is 13.8. The van der Waals surface area contributed by atoms with Crippen molar-refractivity contribution in [2.24, 2.45) is 0 Å². The smallest absolute Gasteiger partial charge is 0.335 e. The van der Waals surface area contributed by atoms with Gasteiger partial charge in [-0.05, 0) is 31.5 Å². The predicted molar refractivity (Wildman–Crippen MR) is 69.9 cm³/mol. The molecular formula is C14H16N2O3. The van der Waals surface area contributed by atoms with Gasteiger partial charge in [-0.3, -0.25) is 0 Å². The number of nitrogens with one attached hydrogen (secondary N) is 1. The molecule has 0 aliphatic heterocycles. The Morgan fingerprint density at radius 1 is 1.53 bits per heavy atom. The van der Waals surface area contributed by atoms with E-state index in [4.69, 9.17) is 9.52 Å². The average molecular weight is 260 g/mol. The Kier molecular flexibility index (Phi) is 3.97. The van der Waals surface area contributed by atoms with Gasteiger partial charge in [-0.2, -0.15) is 0 Å². The van der Waals surface area contributed by atoms with Crippen LogP contribution in [0.15, 0.2) is 34.9 Å². The zero-order valence-electron chi connectivity index (χ0n) is 10.9. The molecule has 1 aromatic carbocycles. The minimum Gasteiger partial charge on any atom is -0.478 e. The first-order valence-corrected chi connectivity index (χ1v) is 6.04. The largest absolute Gasteiger partial charge is 0.478 e. The normalized spacial score (nSPS) is 12.3. The summed E-state index contributed by atoms with van der Waals surface area (Å²) >= 11 is 0. The maximum Gasteiger partial charge on any atom is 0.335 e. The van der Waals surface area contributed by atoms with Crippen LogP contribution in [0.1, 0.15) is 40.5 Å². The van der Waals surface area contributed by atoms with Gasteiger partial charge >= 0.3 is 5.97 Å². The summed E-state index contributed by atoms with van der Waals surface area (Å²) in [5, 5.41) is 12.2. The zero-order valence-corrected chi connectivity index (χ0v) is 10.9. The summed E-state index contributed by atoms with van der Waals surface area (Å²) in [6.07, 6.45) is 1.68. The van der Waals surface area contributed by atoms with Gasteiger partial charge in [0.1, 0.15) is 5.76 Å². The molecule has 0 spiro atoms. The first-order valence-electron chi connectivity index (χ1n) is 6.04. The van der Waals surface area contributed by atoms with Crippen LogP contribution < -0.4 is 5.32 Å². The highest BCUT2D eigenvalue weighted by Crippen LogP contribution is 2.13. The molecule has 0 fully saturated rings. The third-order valence-electron chi connectivity index (χ3n) is 2.80. The topological polar surface area (TPSA) is 75.4 Å². The van der Waals surface area contributed by atoms with Crippen LogP contribution in [0.2, 0.25) is 0 Å². The molecular weight excluding hydrogens is 244 g/mol. The molecule has 0 aliphatic rings. The number of hydrogen-bond acceptors (Lipinski definition) is 4. The number of carbonyl (C=O) groups is 1. The molecule has 2 aromatic rings. The van der Waals surface area contributed by atoms with Crippen LogP contribution in [-0.2, 0) is 6.54 Å². The van der Waals surface area contributed by atoms with Crippen LogP contribution in [0.5, 0.6) is 0 Å². The lowest BCUT2D eigenvalue weighted by molar-refractivity contribution is 0.0696. The fraction of sp³-hybridized carbons (Fsp3) is 0.286. The molecule has 1 atom stereocenters. The molecule has 0 amide bonds. The van der Waals surface area contributed by atoms with E-state index >= 15 is 0 Å². The molecule has 1 unspecified atom stereocenters. The first-order chi connectivity index (χ1) is 9.06. The predicted octanol–water partition coefficient (Wildman–Crippen LogP) is 2.53. The second-order valence-corrected chi connectivity index (χ2v) is 4.42. The van der Waals surface area contributed by atoms with Crippen molar-refractivity contribution in [2.75, 3.05) is 0 Å². The molecule has 1 aromatic heterocycles. The maximum absolute atomic E-state index is 10.9. The summed E-state index contributed by atoms with van der Waals surface area (Å²) in [6.45, 7) is 4.36. The second-order valence-electron chi connectivity index (χ2n) is 4.42. The van der Waals surface area contributed by atoms with Crippen LogP contribution >= 0.6 is 0 Å². The molecule has 0 bridgehead atoms. The molecule has 100 valence electrons. The van der Waals surface area contributed by atoms with Crippen LogP contribution in [-0.4, -0.2) is 16.1 Å².